The van der Waals surface area contributed by atoms with Gasteiger partial charge in [0, 0.05) is 11.3 Å². The molecule has 1 heterocycles. The van der Waals surface area contributed by atoms with E-state index in [1.54, 1.807) is 30.3 Å². The van der Waals surface area contributed by atoms with E-state index in [2.05, 4.69) is 20.5 Å². The maximum absolute atomic E-state index is 13.3. The number of para-hydroxylation sites is 1. The van der Waals surface area contributed by atoms with Gasteiger partial charge < -0.3 is 11.1 Å². The molecule has 0 aliphatic heterocycles. The highest BCUT2D eigenvalue weighted by molar-refractivity contribution is 5.76. The topological polar surface area (TPSA) is 99.5 Å². The van der Waals surface area contributed by atoms with E-state index in [-0.39, 0.29) is 28.5 Å². The minimum Gasteiger partial charge on any atom is -0.383 e. The Balaban J connectivity index is 2.13. The number of benzene rings is 2. The third-order valence-corrected chi connectivity index (χ3v) is 4.11. The molecule has 3 aromatic rings. The molecule has 3 rings (SSSR count). The first kappa shape index (κ1) is 20.7. The van der Waals surface area contributed by atoms with Crippen LogP contribution in [0.1, 0.15) is 16.7 Å². The molecular formula is C20H14F4N6. The number of nitrogen functional groups attached to an aromatic ring is 1. The first-order valence-electron chi connectivity index (χ1n) is 8.51. The largest absolute Gasteiger partial charge is 0.418 e. The van der Waals surface area contributed by atoms with Crippen molar-refractivity contribution in [2.45, 2.75) is 13.1 Å². The van der Waals surface area contributed by atoms with Gasteiger partial charge in [-0.3, -0.25) is 0 Å². The Hall–Kier alpha value is -4.00. The molecule has 0 fully saturated rings. The maximum atomic E-state index is 13.3. The molecule has 0 aliphatic carbocycles. The second kappa shape index (κ2) is 8.16. The summed E-state index contributed by atoms with van der Waals surface area (Å²) in [6, 6.07) is 12.7. The lowest BCUT2D eigenvalue weighted by molar-refractivity contribution is -0.137. The zero-order chi connectivity index (χ0) is 21.9. The molecule has 152 valence electrons. The van der Waals surface area contributed by atoms with Crippen LogP contribution >= 0.6 is 0 Å². The van der Waals surface area contributed by atoms with Crippen molar-refractivity contribution in [2.75, 3.05) is 11.1 Å². The van der Waals surface area contributed by atoms with Crippen LogP contribution < -0.4 is 11.1 Å². The zero-order valence-electron chi connectivity index (χ0n) is 15.5. The molecule has 2 aromatic carbocycles. The van der Waals surface area contributed by atoms with E-state index in [4.69, 9.17) is 5.73 Å². The number of nitrogens with one attached hydrogen (secondary N) is 1. The molecule has 30 heavy (non-hydrogen) atoms. The van der Waals surface area contributed by atoms with Gasteiger partial charge in [0.05, 0.1) is 16.8 Å². The number of aromatic nitrogens is 1. The number of pyridine rings is 1. The van der Waals surface area contributed by atoms with Crippen molar-refractivity contribution in [1.82, 2.24) is 4.98 Å². The molecule has 6 nitrogen and oxygen atoms in total. The van der Waals surface area contributed by atoms with Crippen molar-refractivity contribution < 1.29 is 17.6 Å². The average Bonchev–Trinajstić information content (AvgIpc) is 2.69. The third kappa shape index (κ3) is 4.35. The summed E-state index contributed by atoms with van der Waals surface area (Å²) in [6.07, 6.45) is -4.83. The second-order valence-corrected chi connectivity index (χ2v) is 6.16. The summed E-state index contributed by atoms with van der Waals surface area (Å²) in [6.45, 7) is 1.52. The fourth-order valence-corrected chi connectivity index (χ4v) is 2.65. The fraction of sp³-hybridized carbons (Fsp3) is 0.100. The van der Waals surface area contributed by atoms with Crippen molar-refractivity contribution in [3.8, 4) is 6.07 Å². The van der Waals surface area contributed by atoms with Gasteiger partial charge in [-0.25, -0.2) is 9.37 Å². The fourth-order valence-electron chi connectivity index (χ4n) is 2.65. The predicted molar refractivity (Wildman–Crippen MR) is 103 cm³/mol. The Morgan fingerprint density at radius 2 is 1.80 bits per heavy atom. The van der Waals surface area contributed by atoms with Crippen LogP contribution in [-0.2, 0) is 6.18 Å². The highest BCUT2D eigenvalue weighted by Gasteiger charge is 2.34. The third-order valence-electron chi connectivity index (χ3n) is 4.11. The van der Waals surface area contributed by atoms with Crippen molar-refractivity contribution in [3.63, 3.8) is 0 Å². The zero-order valence-corrected chi connectivity index (χ0v) is 15.5. The summed E-state index contributed by atoms with van der Waals surface area (Å²) in [5.41, 5.74) is 4.92. The molecule has 1 aromatic heterocycles. The Labute approximate surface area is 168 Å². The highest BCUT2D eigenvalue weighted by Crippen LogP contribution is 2.39. The summed E-state index contributed by atoms with van der Waals surface area (Å²) < 4.78 is 53.0. The van der Waals surface area contributed by atoms with Crippen molar-refractivity contribution in [1.29, 1.82) is 5.26 Å². The number of hydrogen-bond acceptors (Lipinski definition) is 6. The van der Waals surface area contributed by atoms with Crippen molar-refractivity contribution in [3.05, 3.63) is 71.0 Å². The number of hydrogen-bond donors (Lipinski definition) is 2. The summed E-state index contributed by atoms with van der Waals surface area (Å²) in [5.74, 6) is -1.01. The van der Waals surface area contributed by atoms with Gasteiger partial charge in [-0.05, 0) is 37.3 Å². The molecule has 0 radical (unpaired) electrons. The number of halogens is 4. The Kier molecular flexibility index (Phi) is 5.64. The number of nitrogens with zero attached hydrogens (tertiary/aromatic N) is 4. The van der Waals surface area contributed by atoms with Gasteiger partial charge in [-0.1, -0.05) is 18.2 Å². The minimum atomic E-state index is -4.83. The van der Waals surface area contributed by atoms with E-state index >= 15 is 0 Å². The molecule has 3 N–H and O–H groups in total. The van der Waals surface area contributed by atoms with Crippen LogP contribution in [-0.4, -0.2) is 4.98 Å². The molecule has 0 aliphatic rings. The second-order valence-electron chi connectivity index (χ2n) is 6.16. The normalized spacial score (nSPS) is 11.5. The summed E-state index contributed by atoms with van der Waals surface area (Å²) in [7, 11) is 0. The summed E-state index contributed by atoms with van der Waals surface area (Å²) in [5, 5.41) is 19.8. The van der Waals surface area contributed by atoms with Crippen LogP contribution in [0.5, 0.6) is 0 Å². The van der Waals surface area contributed by atoms with Gasteiger partial charge in [0.15, 0.2) is 5.82 Å². The Bertz CT molecular complexity index is 1150. The van der Waals surface area contributed by atoms with Gasteiger partial charge in [0.2, 0.25) is 0 Å². The van der Waals surface area contributed by atoms with Crippen LogP contribution in [0, 0.1) is 24.1 Å². The first-order chi connectivity index (χ1) is 14.2. The molecule has 0 saturated heterocycles. The number of alkyl halides is 3. The smallest absolute Gasteiger partial charge is 0.383 e. The lowest BCUT2D eigenvalue weighted by Crippen LogP contribution is -2.05. The molecule has 0 unspecified atom stereocenters. The molecular weight excluding hydrogens is 400 g/mol. The van der Waals surface area contributed by atoms with Gasteiger partial charge in [0.25, 0.3) is 0 Å². The summed E-state index contributed by atoms with van der Waals surface area (Å²) >= 11 is 0. The van der Waals surface area contributed by atoms with Crippen LogP contribution in [0.2, 0.25) is 0 Å². The van der Waals surface area contributed by atoms with Gasteiger partial charge in [-0.2, -0.15) is 18.4 Å². The minimum absolute atomic E-state index is 0.0257. The number of nitrogens with two attached hydrogens (primary N) is 1. The van der Waals surface area contributed by atoms with Crippen LogP contribution in [0.15, 0.2) is 58.8 Å². The van der Waals surface area contributed by atoms with Crippen molar-refractivity contribution in [2.24, 2.45) is 10.2 Å². The standard InChI is InChI=1S/C20H14F4N6/c1-11-14(10-25)18(26)28-19(27-13-5-3-2-4-6-13)17(11)30-29-16-8-7-12(21)9-15(16)20(22,23)24/h2-9H,1H3,(H3,26,27,28). The Morgan fingerprint density at radius 3 is 2.43 bits per heavy atom. The van der Waals surface area contributed by atoms with E-state index in [1.807, 2.05) is 6.07 Å². The summed E-state index contributed by atoms with van der Waals surface area (Å²) in [4.78, 5) is 4.11. The van der Waals surface area contributed by atoms with E-state index in [9.17, 15) is 22.8 Å². The lowest BCUT2D eigenvalue weighted by atomic mass is 10.1. The van der Waals surface area contributed by atoms with E-state index in [0.717, 1.165) is 12.1 Å². The quantitative estimate of drug-likeness (QED) is 0.394. The predicted octanol–water partition coefficient (Wildman–Crippen LogP) is 6.16. The molecule has 0 amide bonds. The SMILES string of the molecule is Cc1c(C#N)c(N)nc(Nc2ccccc2)c1N=Nc1ccc(F)cc1C(F)(F)F. The first-order valence-corrected chi connectivity index (χ1v) is 8.51. The van der Waals surface area contributed by atoms with Crippen LogP contribution in [0.25, 0.3) is 0 Å². The number of azo groups is 1. The van der Waals surface area contributed by atoms with Crippen LogP contribution in [0.3, 0.4) is 0 Å². The van der Waals surface area contributed by atoms with Crippen molar-refractivity contribution >= 4 is 28.7 Å². The molecule has 0 spiro atoms. The van der Waals surface area contributed by atoms with E-state index < -0.39 is 23.2 Å². The lowest BCUT2D eigenvalue weighted by Gasteiger charge is -2.13. The molecule has 0 saturated carbocycles. The average molecular weight is 414 g/mol. The van der Waals surface area contributed by atoms with Crippen LogP contribution in [0.4, 0.5) is 46.3 Å². The molecule has 0 atom stereocenters. The maximum Gasteiger partial charge on any atom is 0.418 e. The number of rotatable bonds is 4. The van der Waals surface area contributed by atoms with E-state index in [0.29, 0.717) is 11.8 Å². The van der Waals surface area contributed by atoms with Gasteiger partial charge >= 0.3 is 6.18 Å². The molecule has 0 bridgehead atoms. The van der Waals surface area contributed by atoms with E-state index in [1.165, 1.54) is 6.92 Å². The Morgan fingerprint density at radius 1 is 1.10 bits per heavy atom. The van der Waals surface area contributed by atoms with Gasteiger partial charge in [-0.15, -0.1) is 10.2 Å². The number of nitriles is 1. The number of anilines is 3. The monoisotopic (exact) mass is 414 g/mol. The highest BCUT2D eigenvalue weighted by atomic mass is 19.4. The molecule has 10 heteroatoms. The van der Waals surface area contributed by atoms with Gasteiger partial charge in [0.1, 0.15) is 23.4 Å².